The predicted molar refractivity (Wildman–Crippen MR) is 122 cm³/mol. The van der Waals surface area contributed by atoms with Gasteiger partial charge >= 0.3 is 5.97 Å². The van der Waals surface area contributed by atoms with Gasteiger partial charge in [-0.15, -0.1) is 0 Å². The van der Waals surface area contributed by atoms with E-state index in [4.69, 9.17) is 4.74 Å². The van der Waals surface area contributed by atoms with E-state index < -0.39 is 35.6 Å². The summed E-state index contributed by atoms with van der Waals surface area (Å²) in [7, 11) is 0. The average molecular weight is 473 g/mol. The van der Waals surface area contributed by atoms with Gasteiger partial charge in [0.25, 0.3) is 0 Å². The van der Waals surface area contributed by atoms with Crippen LogP contribution in [-0.2, 0) is 32.1 Å². The van der Waals surface area contributed by atoms with Gasteiger partial charge < -0.3 is 15.0 Å². The first-order chi connectivity index (χ1) is 16.3. The topological polar surface area (TPSA) is 75.7 Å². The molecular weight excluding hydrogens is 442 g/mol. The molecule has 6 nitrogen and oxygen atoms in total. The fraction of sp³-hybridized carbons (Fsp3) is 0.423. The maximum Gasteiger partial charge on any atom is 0.328 e. The molecular formula is C26H30F2N2O4. The molecule has 0 bridgehead atoms. The molecule has 1 N–H and O–H groups in total. The Kier molecular flexibility index (Phi) is 8.73. The minimum absolute atomic E-state index is 0.0385. The van der Waals surface area contributed by atoms with Gasteiger partial charge in [-0.1, -0.05) is 56.3 Å². The fourth-order valence-electron chi connectivity index (χ4n) is 4.02. The predicted octanol–water partition coefficient (Wildman–Crippen LogP) is 3.77. The Labute approximate surface area is 198 Å². The second-order valence-electron chi connectivity index (χ2n) is 8.82. The van der Waals surface area contributed by atoms with Crippen molar-refractivity contribution >= 4 is 17.8 Å². The number of hydrogen-bond donors (Lipinski definition) is 1. The van der Waals surface area contributed by atoms with Gasteiger partial charge in [-0.3, -0.25) is 9.59 Å². The molecule has 2 atom stereocenters. The molecule has 3 rings (SSSR count). The number of nitrogens with one attached hydrogen (secondary N) is 1. The molecule has 0 saturated carbocycles. The van der Waals surface area contributed by atoms with Gasteiger partial charge in [-0.05, 0) is 24.0 Å². The van der Waals surface area contributed by atoms with Gasteiger partial charge in [0.2, 0.25) is 11.8 Å². The molecule has 34 heavy (non-hydrogen) atoms. The molecule has 2 aromatic carbocycles. The minimum atomic E-state index is -0.997. The summed E-state index contributed by atoms with van der Waals surface area (Å²) in [5.74, 6) is -3.31. The van der Waals surface area contributed by atoms with Gasteiger partial charge in [0.1, 0.15) is 6.04 Å². The van der Waals surface area contributed by atoms with Gasteiger partial charge in [0.15, 0.2) is 11.6 Å². The zero-order chi connectivity index (χ0) is 24.7. The Balaban J connectivity index is 1.56. The molecule has 0 radical (unpaired) electrons. The SMILES string of the molecule is CC(C)[C@H](NC(=O)C[C@@H]1CCC(=O)N1Cc1cccc(F)c1F)C(=O)OCCc1ccccc1. The highest BCUT2D eigenvalue weighted by atomic mass is 19.2. The van der Waals surface area contributed by atoms with E-state index >= 15 is 0 Å². The second kappa shape index (κ2) is 11.7. The van der Waals surface area contributed by atoms with Gasteiger partial charge in [0, 0.05) is 37.4 Å². The molecule has 1 heterocycles. The summed E-state index contributed by atoms with van der Waals surface area (Å²) in [5, 5.41) is 2.73. The number of amides is 2. The Morgan fingerprint density at radius 1 is 1.12 bits per heavy atom. The molecule has 0 unspecified atom stereocenters. The maximum absolute atomic E-state index is 14.1. The first kappa shape index (κ1) is 25.3. The van der Waals surface area contributed by atoms with Crippen molar-refractivity contribution in [1.29, 1.82) is 0 Å². The molecule has 182 valence electrons. The van der Waals surface area contributed by atoms with Crippen LogP contribution in [0.5, 0.6) is 0 Å². The van der Waals surface area contributed by atoms with E-state index in [-0.39, 0.29) is 43.4 Å². The summed E-state index contributed by atoms with van der Waals surface area (Å²) in [6.45, 7) is 3.70. The Bertz CT molecular complexity index is 1010. The van der Waals surface area contributed by atoms with Crippen molar-refractivity contribution in [1.82, 2.24) is 10.2 Å². The van der Waals surface area contributed by atoms with Crippen molar-refractivity contribution in [3.05, 3.63) is 71.3 Å². The molecule has 0 aromatic heterocycles. The number of halogens is 2. The van der Waals surface area contributed by atoms with E-state index in [1.54, 1.807) is 0 Å². The Morgan fingerprint density at radius 3 is 2.56 bits per heavy atom. The average Bonchev–Trinajstić information content (AvgIpc) is 3.14. The van der Waals surface area contributed by atoms with E-state index in [0.717, 1.165) is 11.6 Å². The molecule has 1 saturated heterocycles. The number of nitrogens with zero attached hydrogens (tertiary/aromatic N) is 1. The molecule has 1 aliphatic rings. The number of carbonyl (C=O) groups is 3. The summed E-state index contributed by atoms with van der Waals surface area (Å²) in [6.07, 6.45) is 1.19. The maximum atomic E-state index is 14.1. The van der Waals surface area contributed by atoms with E-state index in [2.05, 4.69) is 5.32 Å². The number of ether oxygens (including phenoxy) is 1. The fourth-order valence-corrected chi connectivity index (χ4v) is 4.02. The summed E-state index contributed by atoms with van der Waals surface area (Å²) >= 11 is 0. The van der Waals surface area contributed by atoms with E-state index in [1.165, 1.54) is 17.0 Å². The number of esters is 1. The summed E-state index contributed by atoms with van der Waals surface area (Å²) in [4.78, 5) is 39.1. The van der Waals surface area contributed by atoms with E-state index in [9.17, 15) is 23.2 Å². The standard InChI is InChI=1S/C26H30F2N2O4/c1-17(2)25(26(33)34-14-13-18-7-4-3-5-8-18)29-22(31)15-20-11-12-23(32)30(20)16-19-9-6-10-21(27)24(19)28/h3-10,17,20,25H,11-16H2,1-2H3,(H,29,31)/t20-,25-/m0/s1. The number of benzene rings is 2. The van der Waals surface area contributed by atoms with Crippen LogP contribution in [0.15, 0.2) is 48.5 Å². The number of likely N-dealkylation sites (tertiary alicyclic amines) is 1. The Hall–Kier alpha value is -3.29. The zero-order valence-corrected chi connectivity index (χ0v) is 19.4. The summed E-state index contributed by atoms with van der Waals surface area (Å²) in [5.41, 5.74) is 1.10. The van der Waals surface area contributed by atoms with Crippen molar-refractivity contribution in [2.75, 3.05) is 6.61 Å². The van der Waals surface area contributed by atoms with Crippen LogP contribution in [-0.4, -0.2) is 41.4 Å². The monoisotopic (exact) mass is 472 g/mol. The lowest BCUT2D eigenvalue weighted by molar-refractivity contribution is -0.149. The third-order valence-corrected chi connectivity index (χ3v) is 5.96. The Morgan fingerprint density at radius 2 is 1.85 bits per heavy atom. The molecule has 1 aliphatic heterocycles. The number of hydrogen-bond acceptors (Lipinski definition) is 4. The van der Waals surface area contributed by atoms with Crippen LogP contribution in [0.1, 0.15) is 44.2 Å². The van der Waals surface area contributed by atoms with Crippen LogP contribution in [0.25, 0.3) is 0 Å². The lowest BCUT2D eigenvalue weighted by Gasteiger charge is -2.26. The normalized spacial score (nSPS) is 16.6. The first-order valence-electron chi connectivity index (χ1n) is 11.5. The molecule has 0 aliphatic carbocycles. The number of rotatable bonds is 10. The second-order valence-corrected chi connectivity index (χ2v) is 8.82. The number of carbonyl (C=O) groups excluding carboxylic acids is 3. The highest BCUT2D eigenvalue weighted by Gasteiger charge is 2.34. The smallest absolute Gasteiger partial charge is 0.328 e. The summed E-state index contributed by atoms with van der Waals surface area (Å²) in [6, 6.07) is 12.1. The minimum Gasteiger partial charge on any atom is -0.464 e. The molecule has 2 amide bonds. The van der Waals surface area contributed by atoms with Crippen LogP contribution < -0.4 is 5.32 Å². The van der Waals surface area contributed by atoms with Crippen LogP contribution in [0.4, 0.5) is 8.78 Å². The van der Waals surface area contributed by atoms with Crippen LogP contribution in [0.2, 0.25) is 0 Å². The highest BCUT2D eigenvalue weighted by Crippen LogP contribution is 2.25. The molecule has 2 aromatic rings. The van der Waals surface area contributed by atoms with E-state index in [0.29, 0.717) is 12.8 Å². The van der Waals surface area contributed by atoms with Crippen molar-refractivity contribution in [3.63, 3.8) is 0 Å². The molecule has 0 spiro atoms. The largest absolute Gasteiger partial charge is 0.464 e. The lowest BCUT2D eigenvalue weighted by atomic mass is 10.0. The van der Waals surface area contributed by atoms with Crippen molar-refractivity contribution in [2.24, 2.45) is 5.92 Å². The van der Waals surface area contributed by atoms with Gasteiger partial charge in [-0.2, -0.15) is 0 Å². The van der Waals surface area contributed by atoms with Crippen molar-refractivity contribution in [2.45, 2.75) is 58.2 Å². The van der Waals surface area contributed by atoms with Crippen molar-refractivity contribution in [3.8, 4) is 0 Å². The van der Waals surface area contributed by atoms with Gasteiger partial charge in [0.05, 0.1) is 6.61 Å². The third-order valence-electron chi connectivity index (χ3n) is 5.96. The van der Waals surface area contributed by atoms with Crippen molar-refractivity contribution < 1.29 is 27.9 Å². The van der Waals surface area contributed by atoms with Gasteiger partial charge in [-0.25, -0.2) is 13.6 Å². The summed E-state index contributed by atoms with van der Waals surface area (Å²) < 4.78 is 33.0. The lowest BCUT2D eigenvalue weighted by Crippen LogP contribution is -2.47. The van der Waals surface area contributed by atoms with Crippen LogP contribution in [0, 0.1) is 17.6 Å². The van der Waals surface area contributed by atoms with Crippen LogP contribution in [0.3, 0.4) is 0 Å². The van der Waals surface area contributed by atoms with Crippen LogP contribution >= 0.6 is 0 Å². The van der Waals surface area contributed by atoms with E-state index in [1.807, 2.05) is 44.2 Å². The first-order valence-corrected chi connectivity index (χ1v) is 11.5. The highest BCUT2D eigenvalue weighted by molar-refractivity contribution is 5.86. The molecule has 1 fully saturated rings. The quantitative estimate of drug-likeness (QED) is 0.534. The third kappa shape index (κ3) is 6.62. The zero-order valence-electron chi connectivity index (χ0n) is 19.4. The molecule has 8 heteroatoms.